The highest BCUT2D eigenvalue weighted by Gasteiger charge is 2.26. The maximum Gasteiger partial charge on any atom is 0.142 e. The number of halogens is 2. The third-order valence-electron chi connectivity index (χ3n) is 4.53. The summed E-state index contributed by atoms with van der Waals surface area (Å²) in [6.45, 7) is 2.43. The van der Waals surface area contributed by atoms with Crippen LogP contribution in [0.5, 0.6) is 11.5 Å². The van der Waals surface area contributed by atoms with E-state index in [2.05, 4.69) is 22.3 Å². The SMILES string of the molecule is COc1c(Cl)cc(Cl)cc1C1NCCc2cc(OCCN(C)C)ccc21. The largest absolute Gasteiger partial charge is 0.495 e. The van der Waals surface area contributed by atoms with Gasteiger partial charge >= 0.3 is 0 Å². The zero-order chi connectivity index (χ0) is 18.7. The lowest BCUT2D eigenvalue weighted by Gasteiger charge is -2.29. The Bertz CT molecular complexity index is 781. The highest BCUT2D eigenvalue weighted by molar-refractivity contribution is 6.35. The van der Waals surface area contributed by atoms with Crippen molar-refractivity contribution in [2.24, 2.45) is 0 Å². The van der Waals surface area contributed by atoms with Gasteiger partial charge < -0.3 is 19.7 Å². The molecule has 0 aromatic heterocycles. The van der Waals surface area contributed by atoms with E-state index in [4.69, 9.17) is 32.7 Å². The van der Waals surface area contributed by atoms with Gasteiger partial charge in [0.05, 0.1) is 18.2 Å². The summed E-state index contributed by atoms with van der Waals surface area (Å²) in [7, 11) is 5.70. The molecule has 4 nitrogen and oxygen atoms in total. The van der Waals surface area contributed by atoms with Crippen molar-refractivity contribution in [2.45, 2.75) is 12.5 Å². The van der Waals surface area contributed by atoms with Crippen LogP contribution in [0.1, 0.15) is 22.7 Å². The van der Waals surface area contributed by atoms with Crippen molar-refractivity contribution in [1.29, 1.82) is 0 Å². The minimum atomic E-state index is -0.0132. The number of nitrogens with zero attached hydrogens (tertiary/aromatic N) is 1. The quantitative estimate of drug-likeness (QED) is 0.796. The molecular formula is C20H24Cl2N2O2. The smallest absolute Gasteiger partial charge is 0.142 e. The van der Waals surface area contributed by atoms with E-state index in [9.17, 15) is 0 Å². The third-order valence-corrected chi connectivity index (χ3v) is 5.03. The molecule has 0 fully saturated rings. The van der Waals surface area contributed by atoms with Crippen molar-refractivity contribution in [3.05, 3.63) is 57.1 Å². The Balaban J connectivity index is 1.90. The molecular weight excluding hydrogens is 371 g/mol. The van der Waals surface area contributed by atoms with Crippen molar-refractivity contribution < 1.29 is 9.47 Å². The van der Waals surface area contributed by atoms with Crippen molar-refractivity contribution in [3.63, 3.8) is 0 Å². The Labute approximate surface area is 165 Å². The predicted molar refractivity (Wildman–Crippen MR) is 107 cm³/mol. The van der Waals surface area contributed by atoms with Gasteiger partial charge in [0.15, 0.2) is 0 Å². The molecule has 0 saturated heterocycles. The number of hydrogen-bond acceptors (Lipinski definition) is 4. The number of benzene rings is 2. The fourth-order valence-electron chi connectivity index (χ4n) is 3.26. The van der Waals surface area contributed by atoms with E-state index in [1.54, 1.807) is 13.2 Å². The number of nitrogens with one attached hydrogen (secondary N) is 1. The number of methoxy groups -OCH3 is 1. The fourth-order valence-corrected chi connectivity index (χ4v) is 3.85. The summed E-state index contributed by atoms with van der Waals surface area (Å²) in [5.41, 5.74) is 3.43. The van der Waals surface area contributed by atoms with Gasteiger partial charge in [0.2, 0.25) is 0 Å². The first-order chi connectivity index (χ1) is 12.5. The van der Waals surface area contributed by atoms with E-state index >= 15 is 0 Å². The zero-order valence-corrected chi connectivity index (χ0v) is 16.8. The number of ether oxygens (including phenoxy) is 2. The van der Waals surface area contributed by atoms with Gasteiger partial charge in [0, 0.05) is 23.7 Å². The molecule has 3 rings (SSSR count). The van der Waals surface area contributed by atoms with Crippen LogP contribution in [0, 0.1) is 0 Å². The molecule has 1 aliphatic rings. The predicted octanol–water partition coefficient (Wildman–Crippen LogP) is 4.18. The summed E-state index contributed by atoms with van der Waals surface area (Å²) in [6.07, 6.45) is 0.952. The van der Waals surface area contributed by atoms with Crippen LogP contribution in [0.15, 0.2) is 30.3 Å². The summed E-state index contributed by atoms with van der Waals surface area (Å²) >= 11 is 12.6. The molecule has 2 aromatic rings. The second kappa shape index (κ2) is 8.49. The average molecular weight is 395 g/mol. The van der Waals surface area contributed by atoms with Crippen LogP contribution >= 0.6 is 23.2 Å². The first-order valence-electron chi connectivity index (χ1n) is 8.66. The Kier molecular flexibility index (Phi) is 6.30. The minimum absolute atomic E-state index is 0.0132. The van der Waals surface area contributed by atoms with Crippen molar-refractivity contribution >= 4 is 23.2 Å². The van der Waals surface area contributed by atoms with Crippen molar-refractivity contribution in [1.82, 2.24) is 10.2 Å². The van der Waals surface area contributed by atoms with Gasteiger partial charge in [-0.3, -0.25) is 0 Å². The van der Waals surface area contributed by atoms with Crippen LogP contribution in [-0.4, -0.2) is 45.8 Å². The molecule has 0 bridgehead atoms. The van der Waals surface area contributed by atoms with Crippen LogP contribution < -0.4 is 14.8 Å². The van der Waals surface area contributed by atoms with E-state index in [0.29, 0.717) is 22.4 Å². The summed E-state index contributed by atoms with van der Waals surface area (Å²) in [6, 6.07) is 9.88. The van der Waals surface area contributed by atoms with Crippen LogP contribution in [-0.2, 0) is 6.42 Å². The molecule has 1 heterocycles. The van der Waals surface area contributed by atoms with E-state index in [0.717, 1.165) is 30.8 Å². The average Bonchev–Trinajstić information content (AvgIpc) is 2.60. The molecule has 0 spiro atoms. The van der Waals surface area contributed by atoms with Crippen molar-refractivity contribution in [3.8, 4) is 11.5 Å². The molecule has 26 heavy (non-hydrogen) atoms. The highest BCUT2D eigenvalue weighted by Crippen LogP contribution is 2.40. The normalized spacial score (nSPS) is 16.5. The molecule has 2 aromatic carbocycles. The molecule has 0 radical (unpaired) electrons. The Hall–Kier alpha value is -1.46. The summed E-state index contributed by atoms with van der Waals surface area (Å²) in [5, 5.41) is 4.67. The molecule has 0 amide bonds. The first kappa shape index (κ1) is 19.3. The second-order valence-corrected chi connectivity index (χ2v) is 7.50. The van der Waals surface area contributed by atoms with Gasteiger partial charge in [0.1, 0.15) is 18.1 Å². The molecule has 1 atom stereocenters. The monoisotopic (exact) mass is 394 g/mol. The van der Waals surface area contributed by atoms with Crippen LogP contribution in [0.2, 0.25) is 10.0 Å². The summed E-state index contributed by atoms with van der Waals surface area (Å²) in [5.74, 6) is 1.56. The Morgan fingerprint density at radius 2 is 1.96 bits per heavy atom. The second-order valence-electron chi connectivity index (χ2n) is 6.66. The zero-order valence-electron chi connectivity index (χ0n) is 15.3. The maximum atomic E-state index is 6.33. The van der Waals surface area contributed by atoms with E-state index in [-0.39, 0.29) is 6.04 Å². The molecule has 1 N–H and O–H groups in total. The van der Waals surface area contributed by atoms with Crippen LogP contribution in [0.3, 0.4) is 0 Å². The van der Waals surface area contributed by atoms with Gasteiger partial charge in [-0.05, 0) is 55.9 Å². The molecule has 1 unspecified atom stereocenters. The lowest BCUT2D eigenvalue weighted by Crippen LogP contribution is -2.31. The van der Waals surface area contributed by atoms with Crippen LogP contribution in [0.4, 0.5) is 0 Å². The molecule has 0 saturated carbocycles. The summed E-state index contributed by atoms with van der Waals surface area (Å²) in [4.78, 5) is 2.10. The molecule has 140 valence electrons. The summed E-state index contributed by atoms with van der Waals surface area (Å²) < 4.78 is 11.4. The standard InChI is InChI=1S/C20H24Cl2N2O2/c1-24(2)8-9-26-15-4-5-16-13(10-15)6-7-23-19(16)17-11-14(21)12-18(22)20(17)25-3/h4-5,10-12,19,23H,6-9H2,1-3H3. The van der Waals surface area contributed by atoms with Crippen molar-refractivity contribution in [2.75, 3.05) is 40.9 Å². The maximum absolute atomic E-state index is 6.33. The lowest BCUT2D eigenvalue weighted by molar-refractivity contribution is 0.261. The molecule has 0 aliphatic carbocycles. The van der Waals surface area contributed by atoms with E-state index in [1.807, 2.05) is 26.2 Å². The van der Waals surface area contributed by atoms with Crippen LogP contribution in [0.25, 0.3) is 0 Å². The van der Waals surface area contributed by atoms with Gasteiger partial charge in [-0.25, -0.2) is 0 Å². The van der Waals surface area contributed by atoms with Gasteiger partial charge in [-0.1, -0.05) is 29.3 Å². The highest BCUT2D eigenvalue weighted by atomic mass is 35.5. The number of hydrogen-bond donors (Lipinski definition) is 1. The number of fused-ring (bicyclic) bond motifs is 1. The lowest BCUT2D eigenvalue weighted by atomic mass is 9.89. The molecule has 1 aliphatic heterocycles. The van der Waals surface area contributed by atoms with Gasteiger partial charge in [0.25, 0.3) is 0 Å². The Morgan fingerprint density at radius 1 is 1.15 bits per heavy atom. The van der Waals surface area contributed by atoms with E-state index < -0.39 is 0 Å². The number of rotatable bonds is 6. The molecule has 6 heteroatoms. The van der Waals surface area contributed by atoms with E-state index in [1.165, 1.54) is 11.1 Å². The topological polar surface area (TPSA) is 33.7 Å². The van der Waals surface area contributed by atoms with Gasteiger partial charge in [-0.15, -0.1) is 0 Å². The fraction of sp³-hybridized carbons (Fsp3) is 0.400. The number of likely N-dealkylation sites (N-methyl/N-ethyl adjacent to an activating group) is 1. The third kappa shape index (κ3) is 4.26. The minimum Gasteiger partial charge on any atom is -0.495 e. The Morgan fingerprint density at radius 3 is 2.69 bits per heavy atom. The first-order valence-corrected chi connectivity index (χ1v) is 9.42. The van der Waals surface area contributed by atoms with Gasteiger partial charge in [-0.2, -0.15) is 0 Å².